The first-order valence-electron chi connectivity index (χ1n) is 7.78. The maximum absolute atomic E-state index is 11.8. The van der Waals surface area contributed by atoms with Crippen molar-refractivity contribution in [1.82, 2.24) is 10.6 Å². The smallest absolute Gasteiger partial charge is 0.289 e. The van der Waals surface area contributed by atoms with E-state index in [1.165, 1.54) is 0 Å². The Morgan fingerprint density at radius 3 is 2.21 bits per heavy atom. The Labute approximate surface area is 141 Å². The van der Waals surface area contributed by atoms with Crippen molar-refractivity contribution in [3.05, 3.63) is 0 Å². The van der Waals surface area contributed by atoms with Crippen LogP contribution in [0.25, 0.3) is 0 Å². The molecule has 6 N–H and O–H groups in total. The maximum atomic E-state index is 11.8. The number of ether oxygens (including phenoxy) is 1. The number of carbonyl (C=O) groups is 4. The van der Waals surface area contributed by atoms with E-state index >= 15 is 0 Å². The molecule has 0 aliphatic carbocycles. The summed E-state index contributed by atoms with van der Waals surface area (Å²) in [6, 6.07) is -1.93. The molecular formula is C15H28N4O5. The average Bonchev–Trinajstić information content (AvgIpc) is 2.47. The maximum Gasteiger partial charge on any atom is 0.289 e. The van der Waals surface area contributed by atoms with Gasteiger partial charge in [-0.05, 0) is 27.2 Å². The number of ketones is 1. The van der Waals surface area contributed by atoms with Gasteiger partial charge in [0.05, 0.1) is 24.8 Å². The fraction of sp³-hybridized carbons (Fsp3) is 0.733. The second-order valence-electron chi connectivity index (χ2n) is 6.39. The Kier molecular flexibility index (Phi) is 9.16. The zero-order valence-corrected chi connectivity index (χ0v) is 14.7. The molecule has 3 amide bonds. The molecular weight excluding hydrogens is 316 g/mol. The zero-order valence-electron chi connectivity index (χ0n) is 14.7. The molecule has 2 unspecified atom stereocenters. The monoisotopic (exact) mass is 344 g/mol. The molecule has 0 fully saturated rings. The van der Waals surface area contributed by atoms with Crippen molar-refractivity contribution < 1.29 is 23.9 Å². The molecule has 0 aromatic rings. The molecule has 9 heteroatoms. The molecule has 0 aliphatic rings. The van der Waals surface area contributed by atoms with Crippen LogP contribution in [0, 0.1) is 0 Å². The highest BCUT2D eigenvalue weighted by atomic mass is 16.5. The molecule has 0 radical (unpaired) electrons. The molecule has 0 saturated carbocycles. The normalized spacial score (nSPS) is 13.7. The predicted octanol–water partition coefficient (Wildman–Crippen LogP) is -1.42. The van der Waals surface area contributed by atoms with Crippen molar-refractivity contribution in [1.29, 1.82) is 0 Å². The van der Waals surface area contributed by atoms with Crippen molar-refractivity contribution in [2.75, 3.05) is 13.2 Å². The molecule has 138 valence electrons. The fourth-order valence-corrected chi connectivity index (χ4v) is 1.63. The van der Waals surface area contributed by atoms with Gasteiger partial charge < -0.3 is 26.8 Å². The van der Waals surface area contributed by atoms with Gasteiger partial charge >= 0.3 is 0 Å². The second kappa shape index (κ2) is 9.99. The number of nitrogens with one attached hydrogen (secondary N) is 2. The van der Waals surface area contributed by atoms with Crippen molar-refractivity contribution in [2.45, 2.75) is 58.2 Å². The lowest BCUT2D eigenvalue weighted by Gasteiger charge is -2.23. The molecule has 0 aromatic heterocycles. The summed E-state index contributed by atoms with van der Waals surface area (Å²) in [6.07, 6.45) is 1.04. The third-order valence-electron chi connectivity index (χ3n) is 2.93. The van der Waals surface area contributed by atoms with Gasteiger partial charge in [0, 0.05) is 0 Å². The number of primary amides is 1. The van der Waals surface area contributed by atoms with Gasteiger partial charge in [-0.3, -0.25) is 19.2 Å². The molecule has 0 heterocycles. The van der Waals surface area contributed by atoms with E-state index in [1.807, 2.05) is 6.92 Å². The standard InChI is InChI=1S/C15H28N4O5/c1-5-6-9(16)12(21)14(23)18-7-11(20)19-10(13(17)22)8-24-15(2,3)4/h9-10H,5-8,16H2,1-4H3,(H2,17,22)(H,18,23)(H,19,20). The molecule has 24 heavy (non-hydrogen) atoms. The van der Waals surface area contributed by atoms with Crippen LogP contribution in [0.2, 0.25) is 0 Å². The van der Waals surface area contributed by atoms with Gasteiger partial charge in [-0.25, -0.2) is 0 Å². The lowest BCUT2D eigenvalue weighted by molar-refractivity contribution is -0.139. The summed E-state index contributed by atoms with van der Waals surface area (Å²) in [4.78, 5) is 46.3. The quantitative estimate of drug-likeness (QED) is 0.357. The van der Waals surface area contributed by atoms with Crippen LogP contribution in [-0.4, -0.2) is 54.3 Å². The Hall–Kier alpha value is -2.00. The first-order valence-corrected chi connectivity index (χ1v) is 7.78. The van der Waals surface area contributed by atoms with E-state index in [0.29, 0.717) is 12.8 Å². The average molecular weight is 344 g/mol. The van der Waals surface area contributed by atoms with E-state index in [9.17, 15) is 19.2 Å². The lowest BCUT2D eigenvalue weighted by atomic mass is 10.1. The van der Waals surface area contributed by atoms with E-state index < -0.39 is 47.7 Å². The molecule has 9 nitrogen and oxygen atoms in total. The molecule has 0 aliphatic heterocycles. The summed E-state index contributed by atoms with van der Waals surface area (Å²) in [6.45, 7) is 6.64. The third kappa shape index (κ3) is 9.21. The molecule has 0 spiro atoms. The summed E-state index contributed by atoms with van der Waals surface area (Å²) in [7, 11) is 0. The van der Waals surface area contributed by atoms with Gasteiger partial charge in [0.15, 0.2) is 0 Å². The van der Waals surface area contributed by atoms with Crippen LogP contribution in [0.5, 0.6) is 0 Å². The van der Waals surface area contributed by atoms with Gasteiger partial charge in [0.2, 0.25) is 17.6 Å². The number of carbonyl (C=O) groups excluding carboxylic acids is 4. The van der Waals surface area contributed by atoms with Gasteiger partial charge in [-0.1, -0.05) is 13.3 Å². The van der Waals surface area contributed by atoms with Crippen LogP contribution in [0.4, 0.5) is 0 Å². The summed E-state index contributed by atoms with van der Waals surface area (Å²) in [5, 5.41) is 4.51. The minimum atomic E-state index is -1.04. The first kappa shape index (κ1) is 22.0. The summed E-state index contributed by atoms with van der Waals surface area (Å²) in [5.41, 5.74) is 10.2. The Balaban J connectivity index is 4.42. The number of rotatable bonds is 10. The minimum absolute atomic E-state index is 0.0984. The van der Waals surface area contributed by atoms with Crippen LogP contribution in [0.15, 0.2) is 0 Å². The Morgan fingerprint density at radius 2 is 1.75 bits per heavy atom. The minimum Gasteiger partial charge on any atom is -0.373 e. The Morgan fingerprint density at radius 1 is 1.17 bits per heavy atom. The van der Waals surface area contributed by atoms with Gasteiger partial charge in [-0.15, -0.1) is 0 Å². The number of amides is 3. The van der Waals surface area contributed by atoms with Crippen molar-refractivity contribution in [2.24, 2.45) is 11.5 Å². The number of nitrogens with two attached hydrogens (primary N) is 2. The Bertz CT molecular complexity index is 473. The van der Waals surface area contributed by atoms with Crippen LogP contribution < -0.4 is 22.1 Å². The molecule has 0 bridgehead atoms. The number of hydrogen-bond acceptors (Lipinski definition) is 6. The van der Waals surface area contributed by atoms with Gasteiger partial charge in [-0.2, -0.15) is 0 Å². The first-order chi connectivity index (χ1) is 11.0. The molecule has 0 rings (SSSR count). The highest BCUT2D eigenvalue weighted by Gasteiger charge is 2.24. The molecule has 2 atom stereocenters. The van der Waals surface area contributed by atoms with Crippen LogP contribution in [-0.2, 0) is 23.9 Å². The van der Waals surface area contributed by atoms with E-state index in [1.54, 1.807) is 20.8 Å². The second-order valence-corrected chi connectivity index (χ2v) is 6.39. The zero-order chi connectivity index (χ0) is 18.9. The van der Waals surface area contributed by atoms with Crippen LogP contribution in [0.3, 0.4) is 0 Å². The fourth-order valence-electron chi connectivity index (χ4n) is 1.63. The highest BCUT2D eigenvalue weighted by Crippen LogP contribution is 2.06. The van der Waals surface area contributed by atoms with Crippen molar-refractivity contribution >= 4 is 23.5 Å². The molecule has 0 aromatic carbocycles. The molecule has 0 saturated heterocycles. The van der Waals surface area contributed by atoms with E-state index in [-0.39, 0.29) is 6.61 Å². The van der Waals surface area contributed by atoms with Crippen LogP contribution >= 0.6 is 0 Å². The predicted molar refractivity (Wildman–Crippen MR) is 87.7 cm³/mol. The van der Waals surface area contributed by atoms with Crippen molar-refractivity contribution in [3.8, 4) is 0 Å². The lowest BCUT2D eigenvalue weighted by Crippen LogP contribution is -2.52. The van der Waals surface area contributed by atoms with Crippen molar-refractivity contribution in [3.63, 3.8) is 0 Å². The van der Waals surface area contributed by atoms with Gasteiger partial charge in [0.25, 0.3) is 5.91 Å². The summed E-state index contributed by atoms with van der Waals surface area (Å²) in [5.74, 6) is -3.15. The van der Waals surface area contributed by atoms with Crippen LogP contribution in [0.1, 0.15) is 40.5 Å². The summed E-state index contributed by atoms with van der Waals surface area (Å²) < 4.78 is 5.40. The summed E-state index contributed by atoms with van der Waals surface area (Å²) >= 11 is 0. The topological polar surface area (TPSA) is 154 Å². The van der Waals surface area contributed by atoms with Gasteiger partial charge in [0.1, 0.15) is 6.04 Å². The highest BCUT2D eigenvalue weighted by molar-refractivity contribution is 6.38. The number of Topliss-reactive ketones (excluding diaryl/α,β-unsaturated/α-hetero) is 1. The largest absolute Gasteiger partial charge is 0.373 e. The van der Waals surface area contributed by atoms with E-state index in [2.05, 4.69) is 10.6 Å². The van der Waals surface area contributed by atoms with E-state index in [0.717, 1.165) is 0 Å². The van der Waals surface area contributed by atoms with E-state index in [4.69, 9.17) is 16.2 Å². The number of hydrogen-bond donors (Lipinski definition) is 4. The third-order valence-corrected chi connectivity index (χ3v) is 2.93. The SMILES string of the molecule is CCCC(N)C(=O)C(=O)NCC(=O)NC(COC(C)(C)C)C(N)=O.